The number of morpholine rings is 1. The molecule has 1 aromatic carbocycles. The number of benzene rings is 1. The number of carboxylic acid groups (broad SMARTS) is 1. The third-order valence-electron chi connectivity index (χ3n) is 3.75. The molecular formula is C17H20F3NO6S. The molecule has 0 aliphatic carbocycles. The van der Waals surface area contributed by atoms with E-state index in [1.54, 1.807) is 12.1 Å². The Kier molecular flexibility index (Phi) is 9.13. The maximum absolute atomic E-state index is 13.0. The van der Waals surface area contributed by atoms with Crippen LogP contribution in [0.2, 0.25) is 0 Å². The third kappa shape index (κ3) is 6.06. The first-order valence-corrected chi connectivity index (χ1v) is 9.01. The molecule has 0 amide bonds. The average Bonchev–Trinajstić information content (AvgIpc) is 2.68. The maximum atomic E-state index is 13.0. The summed E-state index contributed by atoms with van der Waals surface area (Å²) >= 11 is -0.750. The number of hydrogen-bond acceptors (Lipinski definition) is 6. The van der Waals surface area contributed by atoms with Crippen LogP contribution in [-0.2, 0) is 21.1 Å². The van der Waals surface area contributed by atoms with Crippen LogP contribution in [0.3, 0.4) is 0 Å². The Morgan fingerprint density at radius 2 is 1.79 bits per heavy atom. The quantitative estimate of drug-likeness (QED) is 0.782. The molecule has 1 atom stereocenters. The first-order chi connectivity index (χ1) is 13.3. The van der Waals surface area contributed by atoms with Crippen molar-refractivity contribution in [2.24, 2.45) is 0 Å². The van der Waals surface area contributed by atoms with Crippen LogP contribution in [0.4, 0.5) is 18.9 Å². The maximum Gasteiger partial charge on any atom is 0.430 e. The Balaban J connectivity index is 0.000000717. The van der Waals surface area contributed by atoms with Crippen LogP contribution in [0, 0.1) is 0 Å². The number of alkyl halides is 3. The minimum Gasteiger partial charge on any atom is -0.478 e. The second kappa shape index (κ2) is 10.8. The summed E-state index contributed by atoms with van der Waals surface area (Å²) in [5.41, 5.74) is 0.304. The van der Waals surface area contributed by atoms with Gasteiger partial charge in [0, 0.05) is 24.3 Å². The summed E-state index contributed by atoms with van der Waals surface area (Å²) in [6.07, 6.45) is -6.21. The molecule has 0 aromatic heterocycles. The fourth-order valence-electron chi connectivity index (χ4n) is 2.62. The van der Waals surface area contributed by atoms with Gasteiger partial charge in [0.1, 0.15) is 5.75 Å². The molecule has 0 spiro atoms. The Labute approximate surface area is 163 Å². The van der Waals surface area contributed by atoms with Crippen LogP contribution < -0.4 is 9.64 Å². The Morgan fingerprint density at radius 3 is 2.29 bits per heavy atom. The minimum atomic E-state index is -4.79. The molecule has 1 N–H and O–H groups in total. The molecule has 11 heteroatoms. The van der Waals surface area contributed by atoms with Crippen molar-refractivity contribution in [3.8, 4) is 5.75 Å². The minimum absolute atomic E-state index is 0.0225. The number of fused-ring (bicyclic) bond motifs is 1. The second-order valence-electron chi connectivity index (χ2n) is 5.33. The molecule has 7 nitrogen and oxygen atoms in total. The molecule has 0 bridgehead atoms. The lowest BCUT2D eigenvalue weighted by atomic mass is 10.0. The summed E-state index contributed by atoms with van der Waals surface area (Å²) in [4.78, 5) is 13.2. The smallest absolute Gasteiger partial charge is 0.430 e. The number of aliphatic carboxylic acids is 1. The molecule has 1 saturated heterocycles. The van der Waals surface area contributed by atoms with E-state index in [2.05, 4.69) is 0 Å². The number of rotatable bonds is 2. The number of ether oxygens (including phenoxy) is 2. The van der Waals surface area contributed by atoms with Gasteiger partial charge in [0.05, 0.1) is 18.8 Å². The van der Waals surface area contributed by atoms with Crippen LogP contribution >= 0.6 is 0 Å². The largest absolute Gasteiger partial charge is 0.478 e. The van der Waals surface area contributed by atoms with Gasteiger partial charge >= 0.3 is 23.7 Å². The highest BCUT2D eigenvalue weighted by atomic mass is 32.1. The summed E-state index contributed by atoms with van der Waals surface area (Å²) in [5.74, 6) is -1.62. The average molecular weight is 423 g/mol. The third-order valence-corrected chi connectivity index (χ3v) is 3.75. The zero-order valence-corrected chi connectivity index (χ0v) is 16.0. The van der Waals surface area contributed by atoms with Crippen molar-refractivity contribution in [3.63, 3.8) is 0 Å². The van der Waals surface area contributed by atoms with Crippen LogP contribution in [0.1, 0.15) is 19.4 Å². The summed E-state index contributed by atoms with van der Waals surface area (Å²) in [6.45, 7) is 6.47. The van der Waals surface area contributed by atoms with Gasteiger partial charge in [-0.15, -0.1) is 0 Å². The van der Waals surface area contributed by atoms with E-state index in [4.69, 9.17) is 23.0 Å². The van der Waals surface area contributed by atoms with E-state index in [9.17, 15) is 18.0 Å². The van der Waals surface area contributed by atoms with Gasteiger partial charge in [0.2, 0.25) is 6.10 Å². The zero-order valence-electron chi connectivity index (χ0n) is 15.2. The van der Waals surface area contributed by atoms with E-state index in [0.717, 1.165) is 11.8 Å². The lowest BCUT2D eigenvalue weighted by Gasteiger charge is -2.31. The molecule has 1 aromatic rings. The van der Waals surface area contributed by atoms with Crippen LogP contribution in [0.15, 0.2) is 23.8 Å². The number of carbonyl (C=O) groups is 1. The molecular weight excluding hydrogens is 403 g/mol. The van der Waals surface area contributed by atoms with E-state index >= 15 is 0 Å². The van der Waals surface area contributed by atoms with Crippen molar-refractivity contribution in [3.05, 3.63) is 29.3 Å². The van der Waals surface area contributed by atoms with E-state index in [-0.39, 0.29) is 5.75 Å². The molecule has 2 heterocycles. The lowest BCUT2D eigenvalue weighted by Crippen LogP contribution is -2.40. The van der Waals surface area contributed by atoms with E-state index in [1.165, 1.54) is 6.07 Å². The standard InChI is InChI=1S/C15H14F3NO4.C2H6.O2S/c16-15(17,18)13-11(14(20)21)8-9-7-10(1-2-12(9)23-13)19-3-5-22-6-4-19;1-2;1-3-2/h1-2,7-8,13H,3-6H2,(H,20,21);1-2H3;. The van der Waals surface area contributed by atoms with Crippen molar-refractivity contribution in [1.29, 1.82) is 0 Å². The normalized spacial score (nSPS) is 18.1. The number of hydrogen-bond donors (Lipinski definition) is 1. The summed E-state index contributed by atoms with van der Waals surface area (Å²) < 4.78 is 65.6. The van der Waals surface area contributed by atoms with E-state index in [0.29, 0.717) is 31.9 Å². The van der Waals surface area contributed by atoms with Gasteiger partial charge in [0.15, 0.2) is 0 Å². The highest BCUT2D eigenvalue weighted by Gasteiger charge is 2.48. The summed E-state index contributed by atoms with van der Waals surface area (Å²) in [6, 6.07) is 4.74. The van der Waals surface area contributed by atoms with Crippen molar-refractivity contribution < 1.29 is 41.0 Å². The fourth-order valence-corrected chi connectivity index (χ4v) is 2.62. The van der Waals surface area contributed by atoms with Crippen molar-refractivity contribution >= 4 is 29.3 Å². The molecule has 0 saturated carbocycles. The van der Waals surface area contributed by atoms with Gasteiger partial charge in [-0.1, -0.05) is 13.8 Å². The van der Waals surface area contributed by atoms with Gasteiger partial charge in [0.25, 0.3) is 0 Å². The molecule has 0 radical (unpaired) electrons. The topological polar surface area (TPSA) is 93.1 Å². The number of halogens is 3. The van der Waals surface area contributed by atoms with Crippen LogP contribution in [-0.4, -0.2) is 58.1 Å². The Morgan fingerprint density at radius 1 is 1.21 bits per heavy atom. The van der Waals surface area contributed by atoms with Gasteiger partial charge in [-0.2, -0.15) is 21.6 Å². The van der Waals surface area contributed by atoms with Crippen LogP contribution in [0.25, 0.3) is 6.08 Å². The van der Waals surface area contributed by atoms with E-state index < -0.39 is 35.4 Å². The number of carboxylic acids is 1. The van der Waals surface area contributed by atoms with Crippen molar-refractivity contribution in [1.82, 2.24) is 0 Å². The predicted octanol–water partition coefficient (Wildman–Crippen LogP) is 2.67. The number of anilines is 1. The van der Waals surface area contributed by atoms with Gasteiger partial charge in [-0.05, 0) is 24.3 Å². The molecule has 28 heavy (non-hydrogen) atoms. The predicted molar refractivity (Wildman–Crippen MR) is 95.8 cm³/mol. The fraction of sp³-hybridized carbons (Fsp3) is 0.471. The SMILES string of the molecule is CC.O=C(O)C1=Cc2cc(N3CCOCC3)ccc2OC1C(F)(F)F.O=S=O. The molecule has 3 rings (SSSR count). The first kappa shape index (κ1) is 23.6. The van der Waals surface area contributed by atoms with Crippen molar-refractivity contribution in [2.45, 2.75) is 26.1 Å². The molecule has 1 unspecified atom stereocenters. The molecule has 2 aliphatic heterocycles. The van der Waals surface area contributed by atoms with Gasteiger partial charge in [-0.25, -0.2) is 4.79 Å². The lowest BCUT2D eigenvalue weighted by molar-refractivity contribution is -0.187. The highest BCUT2D eigenvalue weighted by molar-refractivity contribution is 7.51. The van der Waals surface area contributed by atoms with Gasteiger partial charge < -0.3 is 19.5 Å². The zero-order chi connectivity index (χ0) is 21.3. The molecule has 156 valence electrons. The van der Waals surface area contributed by atoms with E-state index in [1.807, 2.05) is 18.7 Å². The summed E-state index contributed by atoms with van der Waals surface area (Å²) in [7, 11) is 0. The monoisotopic (exact) mass is 423 g/mol. The Bertz CT molecular complexity index is 741. The summed E-state index contributed by atoms with van der Waals surface area (Å²) in [5, 5.41) is 9.04. The highest BCUT2D eigenvalue weighted by Crippen LogP contribution is 2.38. The molecule has 1 fully saturated rings. The van der Waals surface area contributed by atoms with Crippen LogP contribution in [0.5, 0.6) is 5.75 Å². The number of nitrogens with zero attached hydrogens (tertiary/aromatic N) is 1. The first-order valence-electron chi connectivity index (χ1n) is 8.34. The Hall–Kier alpha value is -2.40. The second-order valence-corrected chi connectivity index (χ2v) is 5.47. The van der Waals surface area contributed by atoms with Crippen molar-refractivity contribution in [2.75, 3.05) is 31.2 Å². The molecule has 2 aliphatic rings. The van der Waals surface area contributed by atoms with Gasteiger partial charge in [-0.3, -0.25) is 0 Å².